The fraction of sp³-hybridized carbons (Fsp3) is 0.286. The predicted octanol–water partition coefficient (Wildman–Crippen LogP) is 3.86. The van der Waals surface area contributed by atoms with Crippen molar-refractivity contribution in [2.75, 3.05) is 0 Å². The number of nitrogens with zero attached hydrogens (tertiary/aromatic N) is 2. The van der Waals surface area contributed by atoms with Crippen molar-refractivity contribution in [3.05, 3.63) is 62.0 Å². The lowest BCUT2D eigenvalue weighted by atomic mass is 10.1. The average molecular weight is 315 g/mol. The molecule has 0 N–H and O–H groups in total. The predicted molar refractivity (Wildman–Crippen MR) is 78.1 cm³/mol. The minimum absolute atomic E-state index is 0.00300. The zero-order chi connectivity index (χ0) is 14.9. The average Bonchev–Trinajstić information content (AvgIpc) is 2.34. The SMILES string of the molecule is CC(C)c1nc(Cl)cc(=O)n1Cc1ccc(Cl)cc1F. The topological polar surface area (TPSA) is 34.9 Å². The third-order valence-electron chi connectivity index (χ3n) is 2.87. The van der Waals surface area contributed by atoms with Gasteiger partial charge in [0.1, 0.15) is 16.8 Å². The lowest BCUT2D eigenvalue weighted by Crippen LogP contribution is -2.26. The summed E-state index contributed by atoms with van der Waals surface area (Å²) in [5.41, 5.74) is 0.0746. The highest BCUT2D eigenvalue weighted by molar-refractivity contribution is 6.30. The third-order valence-corrected chi connectivity index (χ3v) is 3.30. The van der Waals surface area contributed by atoms with Crippen LogP contribution in [0.4, 0.5) is 4.39 Å². The Morgan fingerprint density at radius 2 is 2.00 bits per heavy atom. The van der Waals surface area contributed by atoms with Gasteiger partial charge in [0.25, 0.3) is 5.56 Å². The normalized spacial score (nSPS) is 11.1. The van der Waals surface area contributed by atoms with Crippen molar-refractivity contribution >= 4 is 23.2 Å². The number of hydrogen-bond acceptors (Lipinski definition) is 2. The fourth-order valence-corrected chi connectivity index (χ4v) is 2.25. The highest BCUT2D eigenvalue weighted by atomic mass is 35.5. The molecule has 1 heterocycles. The van der Waals surface area contributed by atoms with Gasteiger partial charge in [-0.2, -0.15) is 0 Å². The lowest BCUT2D eigenvalue weighted by Gasteiger charge is -2.15. The van der Waals surface area contributed by atoms with Crippen molar-refractivity contribution in [3.8, 4) is 0 Å². The molecule has 20 heavy (non-hydrogen) atoms. The fourth-order valence-electron chi connectivity index (χ4n) is 1.91. The molecule has 0 bridgehead atoms. The number of aromatic nitrogens is 2. The lowest BCUT2D eigenvalue weighted by molar-refractivity contribution is 0.574. The minimum Gasteiger partial charge on any atom is -0.292 e. The van der Waals surface area contributed by atoms with E-state index in [0.29, 0.717) is 16.4 Å². The van der Waals surface area contributed by atoms with Crippen LogP contribution in [0.3, 0.4) is 0 Å². The van der Waals surface area contributed by atoms with Crippen LogP contribution in [-0.4, -0.2) is 9.55 Å². The molecule has 1 aromatic carbocycles. The van der Waals surface area contributed by atoms with E-state index in [-0.39, 0.29) is 23.2 Å². The standard InChI is InChI=1S/C14H13Cl2FN2O/c1-8(2)14-18-12(16)6-13(20)19(14)7-9-3-4-10(15)5-11(9)17/h3-6,8H,7H2,1-2H3. The molecule has 0 amide bonds. The molecule has 0 aliphatic heterocycles. The largest absolute Gasteiger partial charge is 0.292 e. The van der Waals surface area contributed by atoms with Crippen molar-refractivity contribution in [2.45, 2.75) is 26.3 Å². The van der Waals surface area contributed by atoms with Crippen LogP contribution in [0.5, 0.6) is 0 Å². The molecule has 2 rings (SSSR count). The van der Waals surface area contributed by atoms with Crippen molar-refractivity contribution < 1.29 is 4.39 Å². The molecule has 0 unspecified atom stereocenters. The van der Waals surface area contributed by atoms with Crippen LogP contribution in [0.25, 0.3) is 0 Å². The quantitative estimate of drug-likeness (QED) is 0.806. The Morgan fingerprint density at radius 3 is 2.60 bits per heavy atom. The summed E-state index contributed by atoms with van der Waals surface area (Å²) in [7, 11) is 0. The molecule has 0 spiro atoms. The van der Waals surface area contributed by atoms with Crippen LogP contribution in [0, 0.1) is 5.82 Å². The van der Waals surface area contributed by atoms with E-state index in [2.05, 4.69) is 4.98 Å². The second-order valence-corrected chi connectivity index (χ2v) is 5.58. The Labute approximate surface area is 126 Å². The zero-order valence-corrected chi connectivity index (χ0v) is 12.5. The van der Waals surface area contributed by atoms with Gasteiger partial charge in [0.05, 0.1) is 6.54 Å². The minimum atomic E-state index is -0.450. The molecule has 0 saturated carbocycles. The molecule has 0 saturated heterocycles. The maximum absolute atomic E-state index is 13.8. The maximum Gasteiger partial charge on any atom is 0.255 e. The van der Waals surface area contributed by atoms with Crippen LogP contribution in [0.2, 0.25) is 10.2 Å². The molecule has 0 radical (unpaired) electrons. The second-order valence-electron chi connectivity index (χ2n) is 4.75. The first-order valence-electron chi connectivity index (χ1n) is 6.09. The molecule has 1 aromatic heterocycles. The van der Waals surface area contributed by atoms with Crippen molar-refractivity contribution in [3.63, 3.8) is 0 Å². The number of benzene rings is 1. The summed E-state index contributed by atoms with van der Waals surface area (Å²) in [6.45, 7) is 3.89. The van der Waals surface area contributed by atoms with Gasteiger partial charge >= 0.3 is 0 Å². The van der Waals surface area contributed by atoms with Crippen LogP contribution in [0.15, 0.2) is 29.1 Å². The van der Waals surface area contributed by atoms with E-state index in [9.17, 15) is 9.18 Å². The van der Waals surface area contributed by atoms with E-state index in [0.717, 1.165) is 0 Å². The summed E-state index contributed by atoms with van der Waals surface area (Å²) < 4.78 is 15.3. The van der Waals surface area contributed by atoms with Crippen LogP contribution in [-0.2, 0) is 6.54 Å². The van der Waals surface area contributed by atoms with Gasteiger partial charge in [0.2, 0.25) is 0 Å². The van der Waals surface area contributed by atoms with E-state index < -0.39 is 5.82 Å². The Bertz CT molecular complexity index is 698. The van der Waals surface area contributed by atoms with E-state index in [1.165, 1.54) is 16.7 Å². The first-order valence-corrected chi connectivity index (χ1v) is 6.85. The van der Waals surface area contributed by atoms with Gasteiger partial charge in [0.15, 0.2) is 0 Å². The summed E-state index contributed by atoms with van der Waals surface area (Å²) in [5, 5.41) is 0.462. The number of hydrogen-bond donors (Lipinski definition) is 0. The van der Waals surface area contributed by atoms with Gasteiger partial charge < -0.3 is 0 Å². The van der Waals surface area contributed by atoms with E-state index >= 15 is 0 Å². The van der Waals surface area contributed by atoms with Gasteiger partial charge in [0, 0.05) is 22.6 Å². The first-order chi connectivity index (χ1) is 9.38. The summed E-state index contributed by atoms with van der Waals surface area (Å²) in [6, 6.07) is 5.59. The Kier molecular flexibility index (Phi) is 4.45. The van der Waals surface area contributed by atoms with Gasteiger partial charge in [-0.05, 0) is 12.1 Å². The van der Waals surface area contributed by atoms with Crippen molar-refractivity contribution in [1.29, 1.82) is 0 Å². The first kappa shape index (κ1) is 15.0. The zero-order valence-electron chi connectivity index (χ0n) is 11.0. The highest BCUT2D eigenvalue weighted by Gasteiger charge is 2.13. The summed E-state index contributed by atoms with van der Waals surface area (Å²) in [5.74, 6) is 0.0719. The summed E-state index contributed by atoms with van der Waals surface area (Å²) in [6.07, 6.45) is 0. The van der Waals surface area contributed by atoms with Crippen molar-refractivity contribution in [1.82, 2.24) is 9.55 Å². The van der Waals surface area contributed by atoms with Gasteiger partial charge in [-0.1, -0.05) is 43.1 Å². The maximum atomic E-state index is 13.8. The van der Waals surface area contributed by atoms with Gasteiger partial charge in [-0.25, -0.2) is 9.37 Å². The monoisotopic (exact) mass is 314 g/mol. The Balaban J connectivity index is 2.50. The molecule has 0 aliphatic carbocycles. The number of halogens is 3. The van der Waals surface area contributed by atoms with Gasteiger partial charge in [-0.15, -0.1) is 0 Å². The Morgan fingerprint density at radius 1 is 1.30 bits per heavy atom. The van der Waals surface area contributed by atoms with E-state index in [1.807, 2.05) is 13.8 Å². The molecular weight excluding hydrogens is 302 g/mol. The molecule has 0 fully saturated rings. The molecule has 106 valence electrons. The summed E-state index contributed by atoms with van der Waals surface area (Å²) in [4.78, 5) is 16.2. The second kappa shape index (κ2) is 5.94. The van der Waals surface area contributed by atoms with Crippen LogP contribution < -0.4 is 5.56 Å². The van der Waals surface area contributed by atoms with Crippen LogP contribution >= 0.6 is 23.2 Å². The molecule has 2 aromatic rings. The molecule has 6 heteroatoms. The van der Waals surface area contributed by atoms with E-state index in [4.69, 9.17) is 23.2 Å². The van der Waals surface area contributed by atoms with E-state index in [1.54, 1.807) is 12.1 Å². The highest BCUT2D eigenvalue weighted by Crippen LogP contribution is 2.18. The van der Waals surface area contributed by atoms with Crippen LogP contribution in [0.1, 0.15) is 31.2 Å². The molecule has 0 atom stereocenters. The molecule has 0 aliphatic rings. The van der Waals surface area contributed by atoms with Gasteiger partial charge in [-0.3, -0.25) is 9.36 Å². The summed E-state index contributed by atoms with van der Waals surface area (Å²) >= 11 is 11.5. The third kappa shape index (κ3) is 3.19. The Hall–Kier alpha value is -1.39. The van der Waals surface area contributed by atoms with Crippen molar-refractivity contribution in [2.24, 2.45) is 0 Å². The molecular formula is C14H13Cl2FN2O. The number of rotatable bonds is 3. The molecule has 3 nitrogen and oxygen atoms in total. The smallest absolute Gasteiger partial charge is 0.255 e.